The molecule has 0 radical (unpaired) electrons. The smallest absolute Gasteiger partial charge is 0.329 e. The Kier molecular flexibility index (Phi) is 4.44. The molecule has 1 fully saturated rings. The first-order chi connectivity index (χ1) is 6.72. The molecule has 1 heterocycles. The van der Waals surface area contributed by atoms with Gasteiger partial charge < -0.3 is 9.84 Å². The van der Waals surface area contributed by atoms with Gasteiger partial charge in [-0.2, -0.15) is 0 Å². The van der Waals surface area contributed by atoms with Gasteiger partial charge in [0.15, 0.2) is 0 Å². The van der Waals surface area contributed by atoms with E-state index in [1.165, 1.54) is 0 Å². The summed E-state index contributed by atoms with van der Waals surface area (Å²) in [5.74, 6) is 1.69. The second-order valence-corrected chi connectivity index (χ2v) is 3.38. The molecule has 78 valence electrons. The summed E-state index contributed by atoms with van der Waals surface area (Å²) in [5, 5.41) is 8.42. The molecule has 0 aromatic rings. The number of ether oxygens (including phenoxy) is 1. The number of hydrogen-bond donors (Lipinski definition) is 1. The maximum absolute atomic E-state index is 10.2. The Bertz CT molecular complexity index is 226. The normalized spacial score (nSPS) is 19.1. The third-order valence-corrected chi connectivity index (χ3v) is 2.29. The van der Waals surface area contributed by atoms with Crippen molar-refractivity contribution in [3.05, 3.63) is 0 Å². The van der Waals surface area contributed by atoms with Gasteiger partial charge in [0.25, 0.3) is 0 Å². The minimum Gasteiger partial charge on any atom is -0.480 e. The van der Waals surface area contributed by atoms with Gasteiger partial charge in [0, 0.05) is 13.1 Å². The van der Waals surface area contributed by atoms with Crippen molar-refractivity contribution < 1.29 is 14.6 Å². The van der Waals surface area contributed by atoms with Crippen molar-refractivity contribution in [2.45, 2.75) is 18.9 Å². The van der Waals surface area contributed by atoms with Gasteiger partial charge in [-0.15, -0.1) is 6.42 Å². The number of hydrogen-bond acceptors (Lipinski definition) is 3. The van der Waals surface area contributed by atoms with Crippen LogP contribution in [0.5, 0.6) is 0 Å². The third kappa shape index (κ3) is 3.77. The van der Waals surface area contributed by atoms with Crippen molar-refractivity contribution in [3.8, 4) is 12.3 Å². The van der Waals surface area contributed by atoms with Crippen LogP contribution in [0.15, 0.2) is 0 Å². The van der Waals surface area contributed by atoms with Crippen molar-refractivity contribution in [2.24, 2.45) is 0 Å². The molecule has 4 nitrogen and oxygen atoms in total. The summed E-state index contributed by atoms with van der Waals surface area (Å²) in [5.41, 5.74) is 0. The molecule has 14 heavy (non-hydrogen) atoms. The molecular weight excluding hydrogens is 182 g/mol. The molecule has 0 amide bonds. The summed E-state index contributed by atoms with van der Waals surface area (Å²) in [6, 6.07) is 0. The van der Waals surface area contributed by atoms with Crippen LogP contribution in [0.3, 0.4) is 0 Å². The number of rotatable bonds is 4. The number of aliphatic carboxylic acids is 1. The van der Waals surface area contributed by atoms with Crippen molar-refractivity contribution in [3.63, 3.8) is 0 Å². The molecule has 1 saturated heterocycles. The van der Waals surface area contributed by atoms with Crippen molar-refractivity contribution in [1.82, 2.24) is 4.90 Å². The summed E-state index contributed by atoms with van der Waals surface area (Å²) in [4.78, 5) is 12.4. The minimum absolute atomic E-state index is 0.0834. The first-order valence-electron chi connectivity index (χ1n) is 4.71. The van der Waals surface area contributed by atoms with Crippen LogP contribution in [0.1, 0.15) is 12.8 Å². The largest absolute Gasteiger partial charge is 0.480 e. The van der Waals surface area contributed by atoms with E-state index in [0.717, 1.165) is 25.9 Å². The summed E-state index contributed by atoms with van der Waals surface area (Å²) < 4.78 is 5.19. The van der Waals surface area contributed by atoms with E-state index in [4.69, 9.17) is 16.3 Å². The lowest BCUT2D eigenvalue weighted by molar-refractivity contribution is -0.145. The first kappa shape index (κ1) is 11.0. The Morgan fingerprint density at radius 2 is 2.21 bits per heavy atom. The Morgan fingerprint density at radius 1 is 1.57 bits per heavy atom. The monoisotopic (exact) mass is 197 g/mol. The van der Waals surface area contributed by atoms with Crippen LogP contribution in [0.4, 0.5) is 0 Å². The summed E-state index contributed by atoms with van der Waals surface area (Å²) in [6.45, 7) is 2.27. The predicted octanol–water partition coefficient (Wildman–Crippen LogP) is 0.185. The fourth-order valence-electron chi connectivity index (χ4n) is 1.55. The van der Waals surface area contributed by atoms with E-state index in [1.54, 1.807) is 0 Å². The quantitative estimate of drug-likeness (QED) is 0.653. The van der Waals surface area contributed by atoms with Gasteiger partial charge in [-0.3, -0.25) is 4.90 Å². The minimum atomic E-state index is -0.906. The number of carboxylic acid groups (broad SMARTS) is 1. The highest BCUT2D eigenvalue weighted by Crippen LogP contribution is 2.12. The van der Waals surface area contributed by atoms with Crippen molar-refractivity contribution in [1.29, 1.82) is 0 Å². The number of terminal acetylenes is 1. The summed E-state index contributed by atoms with van der Waals surface area (Å²) in [6.07, 6.45) is 7.02. The summed E-state index contributed by atoms with van der Waals surface area (Å²) >= 11 is 0. The fourth-order valence-corrected chi connectivity index (χ4v) is 1.55. The van der Waals surface area contributed by atoms with E-state index >= 15 is 0 Å². The first-order valence-corrected chi connectivity index (χ1v) is 4.71. The molecule has 0 spiro atoms. The van der Waals surface area contributed by atoms with Gasteiger partial charge in [0.2, 0.25) is 0 Å². The molecule has 0 atom stereocenters. The topological polar surface area (TPSA) is 49.8 Å². The van der Waals surface area contributed by atoms with Gasteiger partial charge in [-0.05, 0) is 12.8 Å². The maximum atomic E-state index is 10.2. The molecule has 0 aliphatic carbocycles. The van der Waals surface area contributed by atoms with Crippen LogP contribution < -0.4 is 0 Å². The molecule has 1 aliphatic rings. The average Bonchev–Trinajstić information content (AvgIpc) is 2.17. The molecule has 0 aromatic heterocycles. The third-order valence-electron chi connectivity index (χ3n) is 2.29. The number of nitrogens with zero attached hydrogens (tertiary/aromatic N) is 1. The lowest BCUT2D eigenvalue weighted by Crippen LogP contribution is -2.37. The van der Waals surface area contributed by atoms with Crippen LogP contribution in [0.2, 0.25) is 0 Å². The SMILES string of the molecule is C#CCN1CCC(OCC(=O)O)CC1. The lowest BCUT2D eigenvalue weighted by Gasteiger charge is -2.30. The van der Waals surface area contributed by atoms with Gasteiger partial charge in [-0.1, -0.05) is 5.92 Å². The Hall–Kier alpha value is -1.05. The van der Waals surface area contributed by atoms with Gasteiger partial charge in [0.1, 0.15) is 6.61 Å². The molecular formula is C10H15NO3. The number of likely N-dealkylation sites (tertiary alicyclic amines) is 1. The van der Waals surface area contributed by atoms with Crippen LogP contribution in [0, 0.1) is 12.3 Å². The van der Waals surface area contributed by atoms with Crippen LogP contribution in [-0.2, 0) is 9.53 Å². The predicted molar refractivity (Wildman–Crippen MR) is 51.9 cm³/mol. The number of piperidine rings is 1. The van der Waals surface area contributed by atoms with Crippen molar-refractivity contribution >= 4 is 5.97 Å². The average molecular weight is 197 g/mol. The van der Waals surface area contributed by atoms with E-state index < -0.39 is 5.97 Å². The van der Waals surface area contributed by atoms with Gasteiger partial charge in [-0.25, -0.2) is 4.79 Å². The van der Waals surface area contributed by atoms with Crippen LogP contribution in [-0.4, -0.2) is 48.3 Å². The fraction of sp³-hybridized carbons (Fsp3) is 0.700. The van der Waals surface area contributed by atoms with E-state index in [2.05, 4.69) is 10.8 Å². The number of carbonyl (C=O) groups is 1. The van der Waals surface area contributed by atoms with E-state index in [9.17, 15) is 4.79 Å². The Labute approximate surface area is 83.8 Å². The molecule has 4 heteroatoms. The Balaban J connectivity index is 2.16. The second kappa shape index (κ2) is 5.63. The molecule has 1 aliphatic heterocycles. The van der Waals surface area contributed by atoms with Crippen LogP contribution >= 0.6 is 0 Å². The summed E-state index contributed by atoms with van der Waals surface area (Å²) in [7, 11) is 0. The highest BCUT2D eigenvalue weighted by Gasteiger charge is 2.19. The molecule has 1 N–H and O–H groups in total. The lowest BCUT2D eigenvalue weighted by atomic mass is 10.1. The maximum Gasteiger partial charge on any atom is 0.329 e. The van der Waals surface area contributed by atoms with E-state index in [-0.39, 0.29) is 12.7 Å². The highest BCUT2D eigenvalue weighted by atomic mass is 16.5. The molecule has 0 unspecified atom stereocenters. The second-order valence-electron chi connectivity index (χ2n) is 3.38. The standard InChI is InChI=1S/C10H15NO3/c1-2-5-11-6-3-9(4-7-11)14-8-10(12)13/h1,9H,3-8H2,(H,12,13). The molecule has 0 aromatic carbocycles. The molecule has 0 saturated carbocycles. The zero-order chi connectivity index (χ0) is 10.4. The van der Waals surface area contributed by atoms with Crippen LogP contribution in [0.25, 0.3) is 0 Å². The zero-order valence-electron chi connectivity index (χ0n) is 8.11. The molecule has 0 bridgehead atoms. The van der Waals surface area contributed by atoms with Crippen molar-refractivity contribution in [2.75, 3.05) is 26.2 Å². The zero-order valence-corrected chi connectivity index (χ0v) is 8.11. The van der Waals surface area contributed by atoms with E-state index in [0.29, 0.717) is 6.54 Å². The van der Waals surface area contributed by atoms with Gasteiger partial charge >= 0.3 is 5.97 Å². The van der Waals surface area contributed by atoms with E-state index in [1.807, 2.05) is 0 Å². The number of carboxylic acids is 1. The highest BCUT2D eigenvalue weighted by molar-refractivity contribution is 5.68. The Morgan fingerprint density at radius 3 is 2.71 bits per heavy atom. The molecule has 1 rings (SSSR count). The van der Waals surface area contributed by atoms with Gasteiger partial charge in [0.05, 0.1) is 12.6 Å².